The van der Waals surface area contributed by atoms with Gasteiger partial charge in [-0.1, -0.05) is 11.2 Å². The van der Waals surface area contributed by atoms with E-state index in [1.54, 1.807) is 0 Å². The van der Waals surface area contributed by atoms with Crippen LogP contribution >= 0.6 is 0 Å². The third-order valence-electron chi connectivity index (χ3n) is 2.61. The van der Waals surface area contributed by atoms with E-state index in [1.165, 1.54) is 19.9 Å². The standard InChI is InChI=1S/C12H17N3O6/c1-4-5-18-12-10(14-15-13)11(20-8(3)17)9(21-12)6-19-7(2)16/h4,9-12H,1,5-6H2,2-3H3/t9-,10+,11-,12+/m0/s1. The molecule has 1 fully saturated rings. The third-order valence-corrected chi connectivity index (χ3v) is 2.61. The maximum Gasteiger partial charge on any atom is 0.303 e. The van der Waals surface area contributed by atoms with Crippen molar-refractivity contribution >= 4 is 11.9 Å². The molecule has 0 spiro atoms. The van der Waals surface area contributed by atoms with Gasteiger partial charge >= 0.3 is 11.9 Å². The van der Waals surface area contributed by atoms with Gasteiger partial charge in [-0.2, -0.15) is 0 Å². The van der Waals surface area contributed by atoms with Gasteiger partial charge in [0.25, 0.3) is 0 Å². The summed E-state index contributed by atoms with van der Waals surface area (Å²) < 4.78 is 20.8. The molecule has 9 nitrogen and oxygen atoms in total. The quantitative estimate of drug-likeness (QED) is 0.228. The summed E-state index contributed by atoms with van der Waals surface area (Å²) in [5.74, 6) is -1.07. The van der Waals surface area contributed by atoms with E-state index in [0.29, 0.717) is 0 Å². The highest BCUT2D eigenvalue weighted by atomic mass is 16.7. The Balaban J connectivity index is 2.88. The van der Waals surface area contributed by atoms with Crippen LogP contribution in [0, 0.1) is 0 Å². The third kappa shape index (κ3) is 5.07. The van der Waals surface area contributed by atoms with Crippen LogP contribution in [0.3, 0.4) is 0 Å². The molecule has 0 aromatic rings. The van der Waals surface area contributed by atoms with Gasteiger partial charge in [-0.3, -0.25) is 9.59 Å². The van der Waals surface area contributed by atoms with E-state index in [9.17, 15) is 9.59 Å². The van der Waals surface area contributed by atoms with E-state index in [2.05, 4.69) is 16.6 Å². The fourth-order valence-electron chi connectivity index (χ4n) is 1.86. The van der Waals surface area contributed by atoms with Crippen LogP contribution in [0.15, 0.2) is 17.8 Å². The van der Waals surface area contributed by atoms with Crippen LogP contribution < -0.4 is 0 Å². The second-order valence-corrected chi connectivity index (χ2v) is 4.24. The summed E-state index contributed by atoms with van der Waals surface area (Å²) >= 11 is 0. The lowest BCUT2D eigenvalue weighted by molar-refractivity contribution is -0.164. The number of hydrogen-bond donors (Lipinski definition) is 0. The molecule has 1 aliphatic heterocycles. The Morgan fingerprint density at radius 3 is 2.67 bits per heavy atom. The van der Waals surface area contributed by atoms with Crippen LogP contribution in [-0.2, 0) is 28.5 Å². The van der Waals surface area contributed by atoms with Gasteiger partial charge in [0.2, 0.25) is 0 Å². The zero-order valence-electron chi connectivity index (χ0n) is 11.8. The average Bonchev–Trinajstić information content (AvgIpc) is 2.72. The number of nitrogens with zero attached hydrogens (tertiary/aromatic N) is 3. The zero-order chi connectivity index (χ0) is 15.8. The van der Waals surface area contributed by atoms with Crippen LogP contribution in [0.25, 0.3) is 10.4 Å². The normalized spacial score (nSPS) is 27.5. The van der Waals surface area contributed by atoms with Gasteiger partial charge in [0.15, 0.2) is 6.29 Å². The van der Waals surface area contributed by atoms with Gasteiger partial charge in [-0.25, -0.2) is 0 Å². The number of carbonyl (C=O) groups excluding carboxylic acids is 2. The summed E-state index contributed by atoms with van der Waals surface area (Å²) in [6.45, 7) is 5.98. The SMILES string of the molecule is C=CCO[C@@H]1O[C@@H](COC(C)=O)[C@H](OC(C)=O)[C@H]1N=[N+]=[N-]. The molecule has 0 aliphatic carbocycles. The largest absolute Gasteiger partial charge is 0.463 e. The van der Waals surface area contributed by atoms with E-state index in [1.807, 2.05) is 0 Å². The van der Waals surface area contributed by atoms with Crippen molar-refractivity contribution in [1.82, 2.24) is 0 Å². The molecule has 0 radical (unpaired) electrons. The molecule has 0 amide bonds. The minimum absolute atomic E-state index is 0.140. The van der Waals surface area contributed by atoms with E-state index >= 15 is 0 Å². The number of rotatable bonds is 7. The van der Waals surface area contributed by atoms with Crippen molar-refractivity contribution in [3.05, 3.63) is 23.1 Å². The summed E-state index contributed by atoms with van der Waals surface area (Å²) in [6.07, 6.45) is -1.09. The highest BCUT2D eigenvalue weighted by Gasteiger charge is 2.47. The van der Waals surface area contributed by atoms with Gasteiger partial charge in [-0.15, -0.1) is 6.58 Å². The van der Waals surface area contributed by atoms with Crippen molar-refractivity contribution in [3.63, 3.8) is 0 Å². The molecule has 0 N–H and O–H groups in total. The summed E-state index contributed by atoms with van der Waals surface area (Å²) in [4.78, 5) is 24.8. The Hall–Kier alpha value is -2.09. The lowest BCUT2D eigenvalue weighted by atomic mass is 10.1. The smallest absolute Gasteiger partial charge is 0.303 e. The van der Waals surface area contributed by atoms with E-state index in [0.717, 1.165) is 0 Å². The van der Waals surface area contributed by atoms with Crippen molar-refractivity contribution in [3.8, 4) is 0 Å². The van der Waals surface area contributed by atoms with Crippen molar-refractivity contribution in [2.24, 2.45) is 5.11 Å². The topological polar surface area (TPSA) is 120 Å². The number of esters is 2. The minimum Gasteiger partial charge on any atom is -0.463 e. The molecule has 1 rings (SSSR count). The Labute approximate surface area is 121 Å². The summed E-state index contributed by atoms with van der Waals surface area (Å²) in [7, 11) is 0. The monoisotopic (exact) mass is 299 g/mol. The Bertz CT molecular complexity index is 448. The molecular weight excluding hydrogens is 282 g/mol. The molecular formula is C12H17N3O6. The average molecular weight is 299 g/mol. The van der Waals surface area contributed by atoms with Gasteiger partial charge in [0.1, 0.15) is 24.9 Å². The maximum absolute atomic E-state index is 11.2. The highest BCUT2D eigenvalue weighted by molar-refractivity contribution is 5.66. The zero-order valence-corrected chi connectivity index (χ0v) is 11.8. The first-order valence-corrected chi connectivity index (χ1v) is 6.22. The summed E-state index contributed by atoms with van der Waals surface area (Å²) in [6, 6.07) is -0.876. The van der Waals surface area contributed by atoms with Crippen molar-refractivity contribution < 1.29 is 28.5 Å². The molecule has 0 bridgehead atoms. The fourth-order valence-corrected chi connectivity index (χ4v) is 1.86. The Morgan fingerprint density at radius 1 is 1.43 bits per heavy atom. The first-order valence-electron chi connectivity index (χ1n) is 6.22. The molecule has 0 aromatic carbocycles. The van der Waals surface area contributed by atoms with E-state index < -0.39 is 36.5 Å². The Kier molecular flexibility index (Phi) is 6.67. The first-order chi connectivity index (χ1) is 9.99. The van der Waals surface area contributed by atoms with Gasteiger partial charge in [-0.05, 0) is 5.53 Å². The van der Waals surface area contributed by atoms with Crippen LogP contribution in [0.5, 0.6) is 0 Å². The number of hydrogen-bond acceptors (Lipinski definition) is 7. The molecule has 1 aliphatic rings. The summed E-state index contributed by atoms with van der Waals surface area (Å²) in [5, 5.41) is 3.55. The van der Waals surface area contributed by atoms with Crippen molar-refractivity contribution in [2.45, 2.75) is 38.4 Å². The van der Waals surface area contributed by atoms with Gasteiger partial charge in [0, 0.05) is 18.8 Å². The molecule has 1 saturated heterocycles. The number of azide groups is 1. The van der Waals surface area contributed by atoms with Crippen LogP contribution in [0.2, 0.25) is 0 Å². The van der Waals surface area contributed by atoms with E-state index in [-0.39, 0.29) is 13.2 Å². The molecule has 0 aromatic heterocycles. The van der Waals surface area contributed by atoms with Crippen LogP contribution in [0.1, 0.15) is 13.8 Å². The van der Waals surface area contributed by atoms with Crippen molar-refractivity contribution in [1.29, 1.82) is 0 Å². The predicted octanol–water partition coefficient (Wildman–Crippen LogP) is 1.09. The second-order valence-electron chi connectivity index (χ2n) is 4.24. The lowest BCUT2D eigenvalue weighted by Gasteiger charge is -2.19. The molecule has 9 heteroatoms. The number of carbonyl (C=O) groups is 2. The maximum atomic E-state index is 11.2. The highest BCUT2D eigenvalue weighted by Crippen LogP contribution is 2.28. The molecule has 1 heterocycles. The molecule has 116 valence electrons. The minimum atomic E-state index is -0.913. The summed E-state index contributed by atoms with van der Waals surface area (Å²) in [5.41, 5.74) is 8.63. The predicted molar refractivity (Wildman–Crippen MR) is 69.9 cm³/mol. The molecule has 4 atom stereocenters. The van der Waals surface area contributed by atoms with Gasteiger partial charge in [0.05, 0.1) is 6.61 Å². The lowest BCUT2D eigenvalue weighted by Crippen LogP contribution is -2.38. The first kappa shape index (κ1) is 17.0. The van der Waals surface area contributed by atoms with Crippen LogP contribution in [0.4, 0.5) is 0 Å². The van der Waals surface area contributed by atoms with Crippen LogP contribution in [-0.4, -0.2) is 49.7 Å². The van der Waals surface area contributed by atoms with E-state index in [4.69, 9.17) is 24.5 Å². The second kappa shape index (κ2) is 8.25. The number of ether oxygens (including phenoxy) is 4. The molecule has 0 unspecified atom stereocenters. The van der Waals surface area contributed by atoms with Crippen molar-refractivity contribution in [2.75, 3.05) is 13.2 Å². The molecule has 0 saturated carbocycles. The Morgan fingerprint density at radius 2 is 2.14 bits per heavy atom. The fraction of sp³-hybridized carbons (Fsp3) is 0.667. The van der Waals surface area contributed by atoms with Gasteiger partial charge < -0.3 is 18.9 Å². The molecule has 21 heavy (non-hydrogen) atoms.